The number of nitrogens with one attached hydrogen (secondary N) is 1. The summed E-state index contributed by atoms with van der Waals surface area (Å²) in [5.41, 5.74) is -0.532. The van der Waals surface area contributed by atoms with Crippen molar-refractivity contribution < 1.29 is 18.9 Å². The lowest BCUT2D eigenvalue weighted by Crippen LogP contribution is -2.28. The summed E-state index contributed by atoms with van der Waals surface area (Å²) in [4.78, 5) is 35.9. The van der Waals surface area contributed by atoms with E-state index in [1.165, 1.54) is 22.3 Å². The number of nitro benzene ring substituents is 1. The molecule has 2 heterocycles. The minimum absolute atomic E-state index is 0.0440. The Kier molecular flexibility index (Phi) is 5.40. The fourth-order valence-electron chi connectivity index (χ4n) is 2.77. The average molecular weight is 393 g/mol. The number of nitrogens with zero attached hydrogens (tertiary/aromatic N) is 4. The van der Waals surface area contributed by atoms with Crippen molar-refractivity contribution >= 4 is 39.7 Å². The lowest BCUT2D eigenvalue weighted by molar-refractivity contribution is -0.387. The number of carbonyl (C=O) groups is 2. The Morgan fingerprint density at radius 2 is 2.26 bits per heavy atom. The summed E-state index contributed by atoms with van der Waals surface area (Å²) in [7, 11) is 0. The molecule has 1 aromatic heterocycles. The van der Waals surface area contributed by atoms with Crippen LogP contribution in [0.4, 0.5) is 20.9 Å². The highest BCUT2D eigenvalue weighted by atomic mass is 32.1. The van der Waals surface area contributed by atoms with Crippen LogP contribution in [0.3, 0.4) is 0 Å². The molecule has 1 aliphatic rings. The van der Waals surface area contributed by atoms with Crippen molar-refractivity contribution in [1.82, 2.24) is 10.2 Å². The van der Waals surface area contributed by atoms with Crippen molar-refractivity contribution in [2.24, 2.45) is 5.92 Å². The second-order valence-electron chi connectivity index (χ2n) is 6.04. The van der Waals surface area contributed by atoms with Gasteiger partial charge in [0.25, 0.3) is 0 Å². The molecular weight excluding hydrogens is 377 g/mol. The Morgan fingerprint density at radius 3 is 2.96 bits per heavy atom. The molecule has 1 N–H and O–H groups in total. The van der Waals surface area contributed by atoms with E-state index in [0.717, 1.165) is 30.0 Å². The van der Waals surface area contributed by atoms with Gasteiger partial charge in [-0.1, -0.05) is 18.3 Å². The predicted octanol–water partition coefficient (Wildman–Crippen LogP) is 2.53. The number of halogens is 1. The summed E-state index contributed by atoms with van der Waals surface area (Å²) in [6, 6.07) is 3.21. The first-order valence-corrected chi connectivity index (χ1v) is 9.08. The molecule has 9 nitrogen and oxygen atoms in total. The van der Waals surface area contributed by atoms with Crippen molar-refractivity contribution in [2.75, 3.05) is 16.8 Å². The third kappa shape index (κ3) is 4.08. The zero-order valence-corrected chi connectivity index (χ0v) is 15.2. The summed E-state index contributed by atoms with van der Waals surface area (Å²) in [5.74, 6) is -2.36. The van der Waals surface area contributed by atoms with Gasteiger partial charge in [-0.2, -0.15) is 4.39 Å². The van der Waals surface area contributed by atoms with Gasteiger partial charge in [-0.15, -0.1) is 10.2 Å². The molecule has 1 atom stereocenters. The minimum atomic E-state index is -0.983. The maximum absolute atomic E-state index is 13.5. The van der Waals surface area contributed by atoms with Gasteiger partial charge in [0, 0.05) is 25.5 Å². The number of benzene rings is 1. The largest absolute Gasteiger partial charge is 0.311 e. The van der Waals surface area contributed by atoms with Gasteiger partial charge in [-0.05, 0) is 18.6 Å². The Bertz CT molecular complexity index is 903. The number of hydrogen-bond acceptors (Lipinski definition) is 7. The molecule has 1 unspecified atom stereocenters. The van der Waals surface area contributed by atoms with Crippen LogP contribution in [0.2, 0.25) is 0 Å². The Balaban J connectivity index is 1.70. The molecule has 1 aromatic carbocycles. The molecule has 0 saturated carbocycles. The number of nitro groups is 1. The zero-order chi connectivity index (χ0) is 19.6. The third-order valence-electron chi connectivity index (χ3n) is 4.09. The summed E-state index contributed by atoms with van der Waals surface area (Å²) < 4.78 is 13.5. The first-order chi connectivity index (χ1) is 12.9. The fourth-order valence-corrected chi connectivity index (χ4v) is 3.61. The highest BCUT2D eigenvalue weighted by Crippen LogP contribution is 2.30. The number of amides is 2. The van der Waals surface area contributed by atoms with Crippen LogP contribution >= 0.6 is 11.3 Å². The van der Waals surface area contributed by atoms with E-state index in [-0.39, 0.29) is 30.5 Å². The molecule has 0 radical (unpaired) electrons. The van der Waals surface area contributed by atoms with Crippen LogP contribution in [0.5, 0.6) is 0 Å². The van der Waals surface area contributed by atoms with E-state index >= 15 is 0 Å². The number of aromatic nitrogens is 2. The zero-order valence-electron chi connectivity index (χ0n) is 14.3. The summed E-state index contributed by atoms with van der Waals surface area (Å²) in [6.45, 7) is 2.06. The van der Waals surface area contributed by atoms with Gasteiger partial charge in [-0.25, -0.2) is 0 Å². The van der Waals surface area contributed by atoms with E-state index in [4.69, 9.17) is 0 Å². The molecule has 142 valence electrons. The van der Waals surface area contributed by atoms with Crippen LogP contribution in [0.15, 0.2) is 18.2 Å². The fraction of sp³-hybridized carbons (Fsp3) is 0.375. The van der Waals surface area contributed by atoms with Crippen LogP contribution in [0.25, 0.3) is 0 Å². The molecule has 3 rings (SSSR count). The predicted molar refractivity (Wildman–Crippen MR) is 96.0 cm³/mol. The van der Waals surface area contributed by atoms with Crippen molar-refractivity contribution in [3.63, 3.8) is 0 Å². The monoisotopic (exact) mass is 393 g/mol. The second-order valence-corrected chi connectivity index (χ2v) is 7.10. The van der Waals surface area contributed by atoms with Crippen molar-refractivity contribution in [3.8, 4) is 0 Å². The van der Waals surface area contributed by atoms with Gasteiger partial charge >= 0.3 is 5.69 Å². The average Bonchev–Trinajstić information content (AvgIpc) is 3.22. The molecule has 27 heavy (non-hydrogen) atoms. The highest BCUT2D eigenvalue weighted by Gasteiger charge is 2.36. The molecule has 11 heteroatoms. The molecule has 0 bridgehead atoms. The van der Waals surface area contributed by atoms with Gasteiger partial charge in [0.15, 0.2) is 0 Å². The first kappa shape index (κ1) is 18.8. The highest BCUT2D eigenvalue weighted by molar-refractivity contribution is 7.15. The molecule has 1 saturated heterocycles. The molecule has 2 amide bonds. The van der Waals surface area contributed by atoms with Gasteiger partial charge < -0.3 is 10.2 Å². The summed E-state index contributed by atoms with van der Waals surface area (Å²) in [5, 5.41) is 22.6. The Hall–Kier alpha value is -2.95. The van der Waals surface area contributed by atoms with E-state index in [1.807, 2.05) is 6.92 Å². The van der Waals surface area contributed by atoms with Gasteiger partial charge in [0.2, 0.25) is 22.8 Å². The molecule has 1 fully saturated rings. The van der Waals surface area contributed by atoms with Crippen LogP contribution in [-0.4, -0.2) is 33.5 Å². The van der Waals surface area contributed by atoms with Gasteiger partial charge in [0.1, 0.15) is 5.01 Å². The van der Waals surface area contributed by atoms with Crippen LogP contribution in [0, 0.1) is 21.8 Å². The minimum Gasteiger partial charge on any atom is -0.311 e. The van der Waals surface area contributed by atoms with Gasteiger partial charge in [-0.3, -0.25) is 19.7 Å². The second kappa shape index (κ2) is 7.74. The van der Waals surface area contributed by atoms with Crippen LogP contribution < -0.4 is 10.2 Å². The third-order valence-corrected chi connectivity index (χ3v) is 4.99. The smallest absolute Gasteiger partial charge is 0.306 e. The number of anilines is 2. The quantitative estimate of drug-likeness (QED) is 0.595. The maximum atomic E-state index is 13.5. The standard InChI is InChI=1S/C16H16FN5O4S/c1-2-3-13-19-20-16(27-13)18-15(24)9-6-14(23)21(8-9)10-4-5-11(17)12(7-10)22(25)26/h4-5,7,9H,2-3,6,8H2,1H3,(H,18,20,24). The van der Waals surface area contributed by atoms with Crippen molar-refractivity contribution in [1.29, 1.82) is 0 Å². The maximum Gasteiger partial charge on any atom is 0.306 e. The number of carbonyl (C=O) groups excluding carboxylic acids is 2. The lowest BCUT2D eigenvalue weighted by atomic mass is 10.1. The first-order valence-electron chi connectivity index (χ1n) is 8.26. The summed E-state index contributed by atoms with van der Waals surface area (Å²) >= 11 is 1.28. The molecule has 0 aliphatic carbocycles. The van der Waals surface area contributed by atoms with E-state index < -0.39 is 22.3 Å². The molecular formula is C16H16FN5O4S. The molecule has 1 aliphatic heterocycles. The van der Waals surface area contributed by atoms with E-state index in [2.05, 4.69) is 15.5 Å². The normalized spacial score (nSPS) is 16.6. The lowest BCUT2D eigenvalue weighted by Gasteiger charge is -2.16. The summed E-state index contributed by atoms with van der Waals surface area (Å²) in [6.07, 6.45) is 1.64. The van der Waals surface area contributed by atoms with E-state index in [0.29, 0.717) is 5.13 Å². The SMILES string of the molecule is CCCc1nnc(NC(=O)C2CC(=O)N(c3ccc(F)c([N+](=O)[O-])c3)C2)s1. The van der Waals surface area contributed by atoms with Gasteiger partial charge in [0.05, 0.1) is 16.5 Å². The number of aryl methyl sites for hydroxylation is 1. The van der Waals surface area contributed by atoms with Crippen molar-refractivity contribution in [2.45, 2.75) is 26.2 Å². The number of hydrogen-bond donors (Lipinski definition) is 1. The Morgan fingerprint density at radius 1 is 1.48 bits per heavy atom. The van der Waals surface area contributed by atoms with Crippen molar-refractivity contribution in [3.05, 3.63) is 39.1 Å². The number of rotatable bonds is 6. The van der Waals surface area contributed by atoms with Crippen LogP contribution in [0.1, 0.15) is 24.8 Å². The van der Waals surface area contributed by atoms with E-state index in [9.17, 15) is 24.1 Å². The topological polar surface area (TPSA) is 118 Å². The molecule has 2 aromatic rings. The molecule has 0 spiro atoms. The van der Waals surface area contributed by atoms with Crippen LogP contribution in [-0.2, 0) is 16.0 Å². The Labute approximate surface area is 157 Å². The van der Waals surface area contributed by atoms with E-state index in [1.54, 1.807) is 0 Å².